The van der Waals surface area contributed by atoms with E-state index < -0.39 is 0 Å². The molecule has 3 aromatic carbocycles. The van der Waals surface area contributed by atoms with Crippen LogP contribution < -0.4 is 32.6 Å². The quantitative estimate of drug-likeness (QED) is 0.0245. The maximum absolute atomic E-state index is 13.5. The minimum absolute atomic E-state index is 0.189. The Morgan fingerprint density at radius 3 is 0.923 bits per heavy atom. The van der Waals surface area contributed by atoms with Crippen LogP contribution in [0.3, 0.4) is 0 Å². The topological polar surface area (TPSA) is 272 Å². The number of hydrogen-bond acceptors (Lipinski definition) is 23. The van der Waals surface area contributed by atoms with Gasteiger partial charge in [-0.25, -0.2) is 29.9 Å². The van der Waals surface area contributed by atoms with E-state index in [1.54, 1.807) is 89.1 Å². The summed E-state index contributed by atoms with van der Waals surface area (Å²) in [5, 5.41) is 9.93. The first kappa shape index (κ1) is 83.6. The molecule has 0 unspecified atom stereocenters. The molecule has 16 rings (SSSR count). The van der Waals surface area contributed by atoms with Crippen LogP contribution in [0, 0.1) is 20.8 Å². The molecule has 4 saturated heterocycles. The first-order chi connectivity index (χ1) is 57.0. The van der Waals surface area contributed by atoms with Gasteiger partial charge in [0.15, 0.2) is 0 Å². The van der Waals surface area contributed by atoms with Crippen LogP contribution in [0.25, 0.3) is 35.2 Å². The number of carbonyl (C=O) groups is 3. The molecule has 0 bridgehead atoms. The van der Waals surface area contributed by atoms with Gasteiger partial charge < -0.3 is 39.1 Å². The van der Waals surface area contributed by atoms with Crippen LogP contribution in [-0.2, 0) is 62.8 Å². The number of carbonyl (C=O) groups excluding carboxylic acids is 3. The fourth-order valence-corrected chi connectivity index (χ4v) is 16.7. The number of benzene rings is 3. The summed E-state index contributed by atoms with van der Waals surface area (Å²) < 4.78 is 21.9. The van der Waals surface area contributed by atoms with E-state index in [1.807, 2.05) is 180 Å². The van der Waals surface area contributed by atoms with Crippen molar-refractivity contribution < 1.29 is 23.9 Å². The Bertz CT molecular complexity index is 5260. The van der Waals surface area contributed by atoms with E-state index in [-0.39, 0.29) is 34.4 Å². The van der Waals surface area contributed by atoms with Crippen molar-refractivity contribution >= 4 is 155 Å². The van der Waals surface area contributed by atoms with Crippen molar-refractivity contribution in [1.29, 1.82) is 0 Å². The summed E-state index contributed by atoms with van der Waals surface area (Å²) in [6, 6.07) is 41.2. The highest BCUT2D eigenvalue weighted by atomic mass is 32.2. The second-order valence-corrected chi connectivity index (χ2v) is 32.5. The molecule has 600 valence electrons. The molecule has 13 heterocycles. The van der Waals surface area contributed by atoms with Gasteiger partial charge in [0.25, 0.3) is 34.4 Å². The monoisotopic (exact) mass is 1680 g/mol. The summed E-state index contributed by atoms with van der Waals surface area (Å²) in [5.74, 6) is 0.791. The molecule has 0 radical (unpaired) electrons. The number of hydrogen-bond donors (Lipinski definition) is 3. The number of aromatic nitrogens is 12. The molecular formula is C85H86N18O8S6. The van der Waals surface area contributed by atoms with E-state index in [4.69, 9.17) is 61.1 Å². The van der Waals surface area contributed by atoms with Gasteiger partial charge in [-0.05, 0) is 129 Å². The van der Waals surface area contributed by atoms with E-state index in [1.165, 1.54) is 48.5 Å². The lowest BCUT2D eigenvalue weighted by Gasteiger charge is -2.14. The summed E-state index contributed by atoms with van der Waals surface area (Å²) >= 11 is 20.2. The summed E-state index contributed by atoms with van der Waals surface area (Å²) in [5.41, 5.74) is 8.17. The van der Waals surface area contributed by atoms with E-state index >= 15 is 0 Å². The van der Waals surface area contributed by atoms with Gasteiger partial charge >= 0.3 is 0 Å². The van der Waals surface area contributed by atoms with Gasteiger partial charge in [-0.15, -0.1) is 0 Å². The highest BCUT2D eigenvalue weighted by Crippen LogP contribution is 2.36. The first-order valence-electron chi connectivity index (χ1n) is 38.2. The van der Waals surface area contributed by atoms with Gasteiger partial charge in [-0.2, -0.15) is 0 Å². The molecule has 0 atom stereocenters. The molecule has 117 heavy (non-hydrogen) atoms. The zero-order chi connectivity index (χ0) is 81.6. The van der Waals surface area contributed by atoms with E-state index in [2.05, 4.69) is 30.9 Å². The van der Waals surface area contributed by atoms with Crippen molar-refractivity contribution in [2.75, 3.05) is 81.6 Å². The average Bonchev–Trinajstić information content (AvgIpc) is 1.68. The maximum Gasteiger partial charge on any atom is 0.267 e. The van der Waals surface area contributed by atoms with Gasteiger partial charge in [0.1, 0.15) is 47.4 Å². The number of imidazole rings is 3. The Labute approximate surface area is 704 Å². The number of thioether (sulfide) groups is 3. The smallest absolute Gasteiger partial charge is 0.267 e. The molecule has 9 aromatic heterocycles. The number of aryl methyl sites for hydroxylation is 6. The van der Waals surface area contributed by atoms with E-state index in [9.17, 15) is 28.8 Å². The maximum atomic E-state index is 13.5. The number of nitrogens with one attached hydrogen (secondary N) is 3. The first-order valence-corrected chi connectivity index (χ1v) is 41.9. The van der Waals surface area contributed by atoms with Crippen LogP contribution in [0.15, 0.2) is 231 Å². The fourth-order valence-electron chi connectivity index (χ4n) is 12.8. The Morgan fingerprint density at radius 2 is 0.667 bits per heavy atom. The van der Waals surface area contributed by atoms with Crippen LogP contribution in [-0.4, -0.2) is 168 Å². The molecule has 3 amide bonds. The Morgan fingerprint density at radius 1 is 0.385 bits per heavy atom. The minimum Gasteiger partial charge on any atom is -0.377 e. The van der Waals surface area contributed by atoms with Gasteiger partial charge in [0, 0.05) is 115 Å². The van der Waals surface area contributed by atoms with Crippen LogP contribution in [0.1, 0.15) is 69.3 Å². The molecule has 0 saturated carbocycles. The predicted molar refractivity (Wildman–Crippen MR) is 476 cm³/mol. The molecule has 4 aliphatic rings. The van der Waals surface area contributed by atoms with Crippen molar-refractivity contribution in [1.82, 2.24) is 71.5 Å². The molecule has 0 aliphatic carbocycles. The SMILES string of the molecule is C1COCCO1.Cc1ccc2nc(NCCCn3ccnc3)c(/C=C3\SC(=S)N(CCc4ccccc4)C3=O)c(=O)n2c1.Cc1ccc2nc(NCCCn3ccnc3)c(/C=C3\SC(=S)N(CCc4ccccc4)C3=O)c(=O)n2c1.Cc1ccc2nc(NCCCn3ccnc3)c(/C=C3\SC(=S)N(CCc4ccccc4)C3=O)c(=O)n2c1. The van der Waals surface area contributed by atoms with Gasteiger partial charge in [-0.1, -0.05) is 181 Å². The summed E-state index contributed by atoms with van der Waals surface area (Å²) in [7, 11) is 0. The van der Waals surface area contributed by atoms with Crippen LogP contribution >= 0.6 is 71.9 Å². The van der Waals surface area contributed by atoms with Crippen molar-refractivity contribution in [3.05, 3.63) is 298 Å². The number of fused-ring (bicyclic) bond motifs is 3. The van der Waals surface area contributed by atoms with Crippen LogP contribution in [0.4, 0.5) is 17.5 Å². The lowest BCUT2D eigenvalue weighted by Crippen LogP contribution is -2.30. The molecule has 0 spiro atoms. The van der Waals surface area contributed by atoms with Gasteiger partial charge in [0.05, 0.1) is 76.8 Å². The predicted octanol–water partition coefficient (Wildman–Crippen LogP) is 12.5. The van der Waals surface area contributed by atoms with Gasteiger partial charge in [-0.3, -0.25) is 56.7 Å². The third-order valence-corrected chi connectivity index (χ3v) is 23.1. The highest BCUT2D eigenvalue weighted by molar-refractivity contribution is 8.27. The summed E-state index contributed by atoms with van der Waals surface area (Å²) in [6.07, 6.45) is 31.0. The number of anilines is 3. The lowest BCUT2D eigenvalue weighted by atomic mass is 10.1. The zero-order valence-electron chi connectivity index (χ0n) is 64.6. The highest BCUT2D eigenvalue weighted by Gasteiger charge is 2.35. The van der Waals surface area contributed by atoms with Crippen molar-refractivity contribution in [2.45, 2.75) is 78.9 Å². The Kier molecular flexibility index (Phi) is 29.3. The molecule has 4 fully saturated rings. The normalized spacial score (nSPS) is 15.2. The molecule has 3 N–H and O–H groups in total. The van der Waals surface area contributed by atoms with Gasteiger partial charge in [0.2, 0.25) is 0 Å². The summed E-state index contributed by atoms with van der Waals surface area (Å²) in [4.78, 5) is 113. The van der Waals surface area contributed by atoms with Crippen molar-refractivity contribution in [3.8, 4) is 0 Å². The Balaban J connectivity index is 0.000000147. The number of rotatable bonds is 27. The van der Waals surface area contributed by atoms with Crippen molar-refractivity contribution in [3.63, 3.8) is 0 Å². The zero-order valence-corrected chi connectivity index (χ0v) is 69.5. The van der Waals surface area contributed by atoms with Crippen LogP contribution in [0.2, 0.25) is 0 Å². The Hall–Kier alpha value is -11.4. The molecule has 12 aromatic rings. The van der Waals surface area contributed by atoms with E-state index in [0.29, 0.717) is 137 Å². The second-order valence-electron chi connectivity index (χ2n) is 27.5. The largest absolute Gasteiger partial charge is 0.377 e. The third-order valence-electron chi connectivity index (χ3n) is 18.9. The number of nitrogens with zero attached hydrogens (tertiary/aromatic N) is 15. The van der Waals surface area contributed by atoms with Crippen molar-refractivity contribution in [2.24, 2.45) is 0 Å². The third kappa shape index (κ3) is 22.2. The minimum atomic E-state index is -0.236. The standard InChI is InChI=1S/3C27H26N6O2S2.C4H8O2/c3*1-19-8-9-23-30-24(29-11-5-13-31-15-12-28-18-31)21(25(34)33(23)17-19)16-22-26(35)32(27(36)37-22)14-10-20-6-3-2-4-7-20;1-2-6-4-3-5-1/h3*2-4,6-9,12,15-18,29H,5,10-11,13-14H2,1H3;1-4H2/b3*22-16-;. The lowest BCUT2D eigenvalue weighted by molar-refractivity contribution is -0.122. The molecule has 32 heteroatoms. The van der Waals surface area contributed by atoms with Crippen LogP contribution in [0.5, 0.6) is 0 Å². The molecular weight excluding hydrogens is 1590 g/mol. The van der Waals surface area contributed by atoms with E-state index in [0.717, 1.165) is 98.7 Å². The fraction of sp³-hybridized carbons (Fsp3) is 0.259. The number of amides is 3. The number of pyridine rings is 3. The molecule has 4 aliphatic heterocycles. The average molecular weight is 1680 g/mol. The summed E-state index contributed by atoms with van der Waals surface area (Å²) in [6.45, 7) is 14.5. The second kappa shape index (κ2) is 41.0. The molecule has 26 nitrogen and oxygen atoms in total. The number of ether oxygens (including phenoxy) is 2. The number of thiocarbonyl (C=S) groups is 3.